The minimum absolute atomic E-state index is 0.0731. The van der Waals surface area contributed by atoms with E-state index in [1.165, 1.54) is 0 Å². The summed E-state index contributed by atoms with van der Waals surface area (Å²) < 4.78 is 42.4. The van der Waals surface area contributed by atoms with Crippen LogP contribution in [-0.4, -0.2) is 33.3 Å². The molecule has 1 heterocycles. The number of aromatic nitrogens is 3. The van der Waals surface area contributed by atoms with Crippen molar-refractivity contribution in [2.24, 2.45) is 0 Å². The highest BCUT2D eigenvalue weighted by Gasteiger charge is 2.45. The number of aryl methyl sites for hydroxylation is 1. The summed E-state index contributed by atoms with van der Waals surface area (Å²) in [6, 6.07) is 7.14. The van der Waals surface area contributed by atoms with Crippen molar-refractivity contribution in [2.45, 2.75) is 37.9 Å². The number of anilines is 3. The minimum Gasteiger partial charge on any atom is -0.454 e. The summed E-state index contributed by atoms with van der Waals surface area (Å²) in [7, 11) is 0. The van der Waals surface area contributed by atoms with E-state index in [0.717, 1.165) is 30.4 Å². The predicted octanol–water partition coefficient (Wildman–Crippen LogP) is 4.81. The third-order valence-corrected chi connectivity index (χ3v) is 4.56. The van der Waals surface area contributed by atoms with Crippen LogP contribution in [0.5, 0.6) is 6.01 Å². The second kappa shape index (κ2) is 8.10. The molecule has 0 amide bonds. The molecule has 0 spiro atoms. The predicted molar refractivity (Wildman–Crippen MR) is 105 cm³/mol. The number of nitrogens with zero attached hydrogens (tertiary/aromatic N) is 3. The molecule has 0 aliphatic heterocycles. The van der Waals surface area contributed by atoms with Gasteiger partial charge in [-0.3, -0.25) is 0 Å². The summed E-state index contributed by atoms with van der Waals surface area (Å²) in [6.45, 7) is 8.22. The number of nitrogens with one attached hydrogen (secondary N) is 2. The lowest BCUT2D eigenvalue weighted by Crippen LogP contribution is -2.25. The van der Waals surface area contributed by atoms with Crippen LogP contribution in [0.1, 0.15) is 25.3 Å². The zero-order chi connectivity index (χ0) is 21.1. The SMILES string of the molecule is C=CC(=C)C1(Nc2nc(Nc3ccc(CC)cc3)nc(OCC(F)(F)F)n2)CC1. The molecule has 0 radical (unpaired) electrons. The topological polar surface area (TPSA) is 72.0 Å². The Morgan fingerprint density at radius 1 is 1.17 bits per heavy atom. The van der Waals surface area contributed by atoms with E-state index in [4.69, 9.17) is 4.74 Å². The van der Waals surface area contributed by atoms with E-state index in [9.17, 15) is 13.2 Å². The van der Waals surface area contributed by atoms with Crippen LogP contribution < -0.4 is 15.4 Å². The second-order valence-corrected chi connectivity index (χ2v) is 6.78. The molecule has 1 aromatic heterocycles. The van der Waals surface area contributed by atoms with Gasteiger partial charge >= 0.3 is 12.2 Å². The average molecular weight is 405 g/mol. The third kappa shape index (κ3) is 5.46. The van der Waals surface area contributed by atoms with Crippen molar-refractivity contribution < 1.29 is 17.9 Å². The zero-order valence-electron chi connectivity index (χ0n) is 16.0. The molecular formula is C20H22F3N5O. The summed E-state index contributed by atoms with van der Waals surface area (Å²) >= 11 is 0. The first-order valence-corrected chi connectivity index (χ1v) is 9.14. The number of halogens is 3. The standard InChI is InChI=1S/C20H22F3N5O/c1-4-13(3)19(10-11-19)28-17-25-16(24-15-8-6-14(5-2)7-9-15)26-18(27-17)29-12-20(21,22)23/h4,6-9H,1,3,5,10-12H2,2H3,(H2,24,25,26,27,28). The molecule has 29 heavy (non-hydrogen) atoms. The van der Waals surface area contributed by atoms with Gasteiger partial charge in [0.25, 0.3) is 0 Å². The van der Waals surface area contributed by atoms with Crippen LogP contribution >= 0.6 is 0 Å². The molecule has 3 rings (SSSR count). The summed E-state index contributed by atoms with van der Waals surface area (Å²) in [6.07, 6.45) is -0.382. The monoisotopic (exact) mass is 405 g/mol. The molecule has 1 aromatic carbocycles. The Balaban J connectivity index is 1.85. The fraction of sp³-hybridized carbons (Fsp3) is 0.350. The van der Waals surface area contributed by atoms with Crippen LogP contribution in [0.4, 0.5) is 30.8 Å². The molecule has 0 unspecified atom stereocenters. The summed E-state index contributed by atoms with van der Waals surface area (Å²) in [4.78, 5) is 12.2. The zero-order valence-corrected chi connectivity index (χ0v) is 16.0. The number of hydrogen-bond donors (Lipinski definition) is 2. The van der Waals surface area contributed by atoms with Crippen LogP contribution in [0.3, 0.4) is 0 Å². The van der Waals surface area contributed by atoms with E-state index in [1.807, 2.05) is 31.2 Å². The van der Waals surface area contributed by atoms with Gasteiger partial charge < -0.3 is 15.4 Å². The van der Waals surface area contributed by atoms with Crippen molar-refractivity contribution in [3.05, 3.63) is 54.6 Å². The van der Waals surface area contributed by atoms with Crippen molar-refractivity contribution in [2.75, 3.05) is 17.2 Å². The van der Waals surface area contributed by atoms with Crippen LogP contribution in [-0.2, 0) is 6.42 Å². The van der Waals surface area contributed by atoms with Gasteiger partial charge in [0.2, 0.25) is 11.9 Å². The maximum Gasteiger partial charge on any atom is 0.422 e. The van der Waals surface area contributed by atoms with Gasteiger partial charge in [-0.2, -0.15) is 28.1 Å². The fourth-order valence-electron chi connectivity index (χ4n) is 2.69. The quantitative estimate of drug-likeness (QED) is 0.584. The molecule has 0 atom stereocenters. The normalized spacial score (nSPS) is 14.8. The van der Waals surface area contributed by atoms with Crippen molar-refractivity contribution >= 4 is 17.6 Å². The second-order valence-electron chi connectivity index (χ2n) is 6.78. The smallest absolute Gasteiger partial charge is 0.422 e. The van der Waals surface area contributed by atoms with Crippen LogP contribution in [0.25, 0.3) is 0 Å². The Labute approximate surface area is 166 Å². The van der Waals surface area contributed by atoms with Crippen molar-refractivity contribution in [3.63, 3.8) is 0 Å². The third-order valence-electron chi connectivity index (χ3n) is 4.56. The van der Waals surface area contributed by atoms with Gasteiger partial charge in [0, 0.05) is 5.69 Å². The van der Waals surface area contributed by atoms with Gasteiger partial charge in [-0.1, -0.05) is 38.3 Å². The number of hydrogen-bond acceptors (Lipinski definition) is 6. The van der Waals surface area contributed by atoms with E-state index in [-0.39, 0.29) is 11.9 Å². The largest absolute Gasteiger partial charge is 0.454 e. The summed E-state index contributed by atoms with van der Waals surface area (Å²) in [5.74, 6) is 0.175. The molecule has 1 aliphatic rings. The number of benzene rings is 1. The number of ether oxygens (including phenoxy) is 1. The molecule has 2 N–H and O–H groups in total. The minimum atomic E-state index is -4.50. The summed E-state index contributed by atoms with van der Waals surface area (Å²) in [5, 5.41) is 6.10. The molecule has 1 saturated carbocycles. The van der Waals surface area contributed by atoms with E-state index < -0.39 is 24.3 Å². The van der Waals surface area contributed by atoms with Crippen LogP contribution in [0.2, 0.25) is 0 Å². The Kier molecular flexibility index (Phi) is 5.76. The lowest BCUT2D eigenvalue weighted by Gasteiger charge is -2.18. The van der Waals surface area contributed by atoms with Gasteiger partial charge in [-0.15, -0.1) is 0 Å². The van der Waals surface area contributed by atoms with E-state index >= 15 is 0 Å². The first-order valence-electron chi connectivity index (χ1n) is 9.14. The van der Waals surface area contributed by atoms with Gasteiger partial charge in [-0.05, 0) is 42.5 Å². The number of alkyl halides is 3. The molecule has 0 saturated heterocycles. The van der Waals surface area contributed by atoms with Gasteiger partial charge in [0.05, 0.1) is 5.54 Å². The lowest BCUT2D eigenvalue weighted by molar-refractivity contribution is -0.154. The van der Waals surface area contributed by atoms with E-state index in [2.05, 4.69) is 38.7 Å². The highest BCUT2D eigenvalue weighted by atomic mass is 19.4. The molecular weight excluding hydrogens is 383 g/mol. The number of rotatable bonds is 9. The van der Waals surface area contributed by atoms with E-state index in [1.54, 1.807) is 6.08 Å². The van der Waals surface area contributed by atoms with Crippen LogP contribution in [0, 0.1) is 0 Å². The Morgan fingerprint density at radius 2 is 1.83 bits per heavy atom. The van der Waals surface area contributed by atoms with Crippen molar-refractivity contribution in [1.82, 2.24) is 15.0 Å². The highest BCUT2D eigenvalue weighted by Crippen LogP contribution is 2.44. The first kappa shape index (κ1) is 20.6. The Bertz CT molecular complexity index is 892. The van der Waals surface area contributed by atoms with E-state index in [0.29, 0.717) is 5.69 Å². The summed E-state index contributed by atoms with van der Waals surface area (Å²) in [5.41, 5.74) is 2.17. The molecule has 6 nitrogen and oxygen atoms in total. The van der Waals surface area contributed by atoms with Crippen molar-refractivity contribution in [3.8, 4) is 6.01 Å². The molecule has 1 aliphatic carbocycles. The molecule has 1 fully saturated rings. The van der Waals surface area contributed by atoms with Gasteiger partial charge in [-0.25, -0.2) is 0 Å². The first-order chi connectivity index (χ1) is 13.7. The fourth-order valence-corrected chi connectivity index (χ4v) is 2.69. The van der Waals surface area contributed by atoms with Crippen molar-refractivity contribution in [1.29, 1.82) is 0 Å². The Morgan fingerprint density at radius 3 is 2.38 bits per heavy atom. The molecule has 9 heteroatoms. The molecule has 154 valence electrons. The maximum atomic E-state index is 12.5. The molecule has 0 bridgehead atoms. The maximum absolute atomic E-state index is 12.5. The van der Waals surface area contributed by atoms with Gasteiger partial charge in [0.15, 0.2) is 6.61 Å². The Hall–Kier alpha value is -3.10. The van der Waals surface area contributed by atoms with Gasteiger partial charge in [0.1, 0.15) is 0 Å². The molecule has 2 aromatic rings. The highest BCUT2D eigenvalue weighted by molar-refractivity contribution is 5.56. The lowest BCUT2D eigenvalue weighted by atomic mass is 10.1. The average Bonchev–Trinajstić information content (AvgIpc) is 3.46. The van der Waals surface area contributed by atoms with Crippen LogP contribution in [0.15, 0.2) is 49.1 Å².